The molecule has 0 unspecified atom stereocenters. The maximum atomic E-state index is 8.61. The van der Waals surface area contributed by atoms with Gasteiger partial charge in [-0.15, -0.1) is 0 Å². The van der Waals surface area contributed by atoms with Crippen LogP contribution in [0.2, 0.25) is 0 Å². The Balaban J connectivity index is 0. The van der Waals surface area contributed by atoms with Gasteiger partial charge < -0.3 is 0 Å². The Morgan fingerprint density at radius 3 is 1.00 bits per heavy atom. The van der Waals surface area contributed by atoms with E-state index >= 15 is 0 Å². The summed E-state index contributed by atoms with van der Waals surface area (Å²) in [7, 11) is 0. The first-order chi connectivity index (χ1) is 2.83. The molecule has 0 spiro atoms. The first-order valence-electron chi connectivity index (χ1n) is 0.724. The van der Waals surface area contributed by atoms with Crippen LogP contribution in [-0.4, -0.2) is 8.70 Å². The van der Waals surface area contributed by atoms with Crippen molar-refractivity contribution in [2.24, 2.45) is 0 Å². The summed E-state index contributed by atoms with van der Waals surface area (Å²) in [6, 6.07) is 0. The van der Waals surface area contributed by atoms with Crippen molar-refractivity contribution in [2.75, 3.05) is 0 Å². The van der Waals surface area contributed by atoms with Crippen LogP contribution in [0.15, 0.2) is 0 Å². The van der Waals surface area contributed by atoms with Gasteiger partial charge in [-0.3, -0.25) is 0 Å². The van der Waals surface area contributed by atoms with Gasteiger partial charge in [0.2, 0.25) is 0 Å². The molecule has 0 saturated heterocycles. The van der Waals surface area contributed by atoms with Gasteiger partial charge in [0.05, 0.1) is 0 Å². The predicted octanol–water partition coefficient (Wildman–Crippen LogP) is -0.799. The maximum absolute atomic E-state index is 8.61. The van der Waals surface area contributed by atoms with E-state index in [0.29, 0.717) is 0 Å². The summed E-state index contributed by atoms with van der Waals surface area (Å²) in [6.45, 7) is 0. The average molecular weight is 269 g/mol. The normalized spacial score (nSPS) is 3.33. The van der Waals surface area contributed by atoms with Crippen molar-refractivity contribution in [3.63, 3.8) is 0 Å². The van der Waals surface area contributed by atoms with Gasteiger partial charge in [0.15, 0.2) is 0 Å². The SMILES string of the molecule is O=[C]=[Pd].O=[C]=[Pd]. The molecule has 0 rings (SSSR count). The standard InChI is InChI=1S/2CO.2Pd/c2*1-2;;. The molecule has 40 valence electrons. The molecule has 0 fully saturated rings. The molecule has 0 bridgehead atoms. The van der Waals surface area contributed by atoms with Crippen molar-refractivity contribution in [1.82, 2.24) is 0 Å². The molecule has 0 atom stereocenters. The molecule has 4 heteroatoms. The molecule has 0 N–H and O–H groups in total. The van der Waals surface area contributed by atoms with E-state index in [1.165, 1.54) is 8.70 Å². The molecular weight excluding hydrogens is 269 g/mol. The number of hydrogen-bond acceptors (Lipinski definition) is 2. The van der Waals surface area contributed by atoms with E-state index in [-0.39, 0.29) is 0 Å². The molecule has 6 heavy (non-hydrogen) atoms. The van der Waals surface area contributed by atoms with Crippen molar-refractivity contribution in [3.8, 4) is 0 Å². The second-order valence-electron chi connectivity index (χ2n) is 0.129. The summed E-state index contributed by atoms with van der Waals surface area (Å²) in [5.74, 6) is 0. The Labute approximate surface area is 55.8 Å². The third-order valence-electron chi connectivity index (χ3n) is 0. The van der Waals surface area contributed by atoms with Crippen LogP contribution in [0.25, 0.3) is 0 Å². The fraction of sp³-hybridized carbons (Fsp3) is 0. The first-order valence-corrected chi connectivity index (χ1v) is 2.28. The fourth-order valence-corrected chi connectivity index (χ4v) is 0. The topological polar surface area (TPSA) is 34.1 Å². The Kier molecular flexibility index (Phi) is 28.9. The van der Waals surface area contributed by atoms with E-state index in [9.17, 15) is 0 Å². The van der Waals surface area contributed by atoms with E-state index in [0.717, 1.165) is 0 Å². The summed E-state index contributed by atoms with van der Waals surface area (Å²) < 4.78 is 2.70. The van der Waals surface area contributed by atoms with Crippen molar-refractivity contribution in [1.29, 1.82) is 0 Å². The Morgan fingerprint density at radius 1 is 1.00 bits per heavy atom. The van der Waals surface area contributed by atoms with Crippen molar-refractivity contribution in [3.05, 3.63) is 0 Å². The Bertz CT molecular complexity index is 63.5. The molecule has 0 aromatic carbocycles. The van der Waals surface area contributed by atoms with Crippen LogP contribution in [0.4, 0.5) is 0 Å². The Morgan fingerprint density at radius 2 is 1.00 bits per heavy atom. The van der Waals surface area contributed by atoms with Gasteiger partial charge in [0.1, 0.15) is 0 Å². The summed E-state index contributed by atoms with van der Waals surface area (Å²) in [6.07, 6.45) is 0. The number of hydrogen-bond donors (Lipinski definition) is 0. The molecule has 0 aliphatic rings. The van der Waals surface area contributed by atoms with Gasteiger partial charge in [-0.25, -0.2) is 0 Å². The molecule has 0 aliphatic heterocycles. The summed E-state index contributed by atoms with van der Waals surface area (Å²) in [5.41, 5.74) is 0. The van der Waals surface area contributed by atoms with Gasteiger partial charge in [-0.2, -0.15) is 0 Å². The predicted molar refractivity (Wildman–Crippen MR) is 11.4 cm³/mol. The van der Waals surface area contributed by atoms with Crippen molar-refractivity contribution >= 4 is 8.70 Å². The molecular formula is C2O2Pd2. The van der Waals surface area contributed by atoms with Crippen LogP contribution in [0, 0.1) is 0 Å². The average Bonchev–Trinajstić information content (AvgIpc) is 1.39. The zero-order valence-electron chi connectivity index (χ0n) is 2.45. The molecule has 0 aromatic rings. The minimum absolute atomic E-state index is 1.35. The monoisotopic (exact) mass is 268 g/mol. The molecule has 2 nitrogen and oxygen atoms in total. The van der Waals surface area contributed by atoms with Crippen LogP contribution < -0.4 is 0 Å². The quantitative estimate of drug-likeness (QED) is 0.539. The third kappa shape index (κ3) is 232. The van der Waals surface area contributed by atoms with Gasteiger partial charge in [0.25, 0.3) is 0 Å². The summed E-state index contributed by atoms with van der Waals surface area (Å²) in [5, 5.41) is 0. The molecule has 0 aromatic heterocycles. The van der Waals surface area contributed by atoms with Crippen LogP contribution in [0.3, 0.4) is 0 Å². The van der Waals surface area contributed by atoms with Gasteiger partial charge >= 0.3 is 55.8 Å². The van der Waals surface area contributed by atoms with E-state index in [1.54, 1.807) is 0 Å². The van der Waals surface area contributed by atoms with Crippen LogP contribution >= 0.6 is 0 Å². The number of carbonyl (C=O) groups excluding carboxylic acids is 2. The van der Waals surface area contributed by atoms with E-state index in [1.807, 2.05) is 0 Å². The van der Waals surface area contributed by atoms with Crippen molar-refractivity contribution < 1.29 is 47.1 Å². The van der Waals surface area contributed by atoms with E-state index < -0.39 is 0 Å². The zero-order chi connectivity index (χ0) is 5.41. The van der Waals surface area contributed by atoms with Gasteiger partial charge in [0, 0.05) is 0 Å². The molecule has 0 amide bonds. The molecule has 0 radical (unpaired) electrons. The van der Waals surface area contributed by atoms with Crippen LogP contribution in [0.1, 0.15) is 0 Å². The Hall–Kier alpha value is 0.485. The van der Waals surface area contributed by atoms with Crippen LogP contribution in [0.5, 0.6) is 0 Å². The van der Waals surface area contributed by atoms with E-state index in [2.05, 4.69) is 37.5 Å². The zero-order valence-corrected chi connectivity index (χ0v) is 5.56. The van der Waals surface area contributed by atoms with Gasteiger partial charge in [-0.1, -0.05) is 0 Å². The van der Waals surface area contributed by atoms with Crippen LogP contribution in [-0.2, 0) is 47.1 Å². The molecule has 0 saturated carbocycles. The first kappa shape index (κ1) is 9.70. The second-order valence-corrected chi connectivity index (χ2v) is 0.764. The van der Waals surface area contributed by atoms with Crippen molar-refractivity contribution in [2.45, 2.75) is 0 Å². The fourth-order valence-electron chi connectivity index (χ4n) is 0. The van der Waals surface area contributed by atoms with Gasteiger partial charge in [-0.05, 0) is 0 Å². The second kappa shape index (κ2) is 17.9. The summed E-state index contributed by atoms with van der Waals surface area (Å²) in [4.78, 5) is 17.2. The number of rotatable bonds is 0. The third-order valence-corrected chi connectivity index (χ3v) is 0. The van der Waals surface area contributed by atoms with E-state index in [4.69, 9.17) is 9.59 Å². The molecule has 0 aliphatic carbocycles. The summed E-state index contributed by atoms with van der Waals surface area (Å²) >= 11 is 4.27. The molecule has 0 heterocycles. The minimum atomic E-state index is 1.35.